The number of aromatic nitrogens is 3. The Kier molecular flexibility index (Phi) is 5.05. The van der Waals surface area contributed by atoms with E-state index in [0.29, 0.717) is 30.1 Å². The smallest absolute Gasteiger partial charge is 0.269 e. The van der Waals surface area contributed by atoms with Crippen LogP contribution in [0.15, 0.2) is 51.9 Å². The van der Waals surface area contributed by atoms with E-state index >= 15 is 0 Å². The van der Waals surface area contributed by atoms with Crippen molar-refractivity contribution in [2.75, 3.05) is 31.1 Å². The van der Waals surface area contributed by atoms with Crippen LogP contribution in [0.25, 0.3) is 11.3 Å². The number of nitrogens with zero attached hydrogens (tertiary/aromatic N) is 5. The van der Waals surface area contributed by atoms with E-state index in [4.69, 9.17) is 4.52 Å². The summed E-state index contributed by atoms with van der Waals surface area (Å²) >= 11 is 0. The van der Waals surface area contributed by atoms with Gasteiger partial charge in [-0.1, -0.05) is 35.5 Å². The first-order valence-electron chi connectivity index (χ1n) is 10.8. The highest BCUT2D eigenvalue weighted by Crippen LogP contribution is 2.29. The molecule has 1 aromatic carbocycles. The van der Waals surface area contributed by atoms with Gasteiger partial charge < -0.3 is 14.3 Å². The molecule has 31 heavy (non-hydrogen) atoms. The summed E-state index contributed by atoms with van der Waals surface area (Å²) < 4.78 is 6.90. The molecule has 2 aromatic heterocycles. The number of hydrogen-bond donors (Lipinski definition) is 0. The molecule has 0 spiro atoms. The van der Waals surface area contributed by atoms with Gasteiger partial charge in [0.25, 0.3) is 11.5 Å². The quantitative estimate of drug-likeness (QED) is 0.647. The lowest BCUT2D eigenvalue weighted by Gasteiger charge is -2.34. The van der Waals surface area contributed by atoms with Crippen LogP contribution in [0.1, 0.15) is 41.4 Å². The maximum absolute atomic E-state index is 13.4. The number of rotatable bonds is 4. The number of carbonyl (C=O) groups is 1. The van der Waals surface area contributed by atoms with Gasteiger partial charge in [0.1, 0.15) is 17.0 Å². The highest BCUT2D eigenvalue weighted by molar-refractivity contribution is 6.00. The van der Waals surface area contributed by atoms with Gasteiger partial charge in [0.15, 0.2) is 0 Å². The number of benzene rings is 1. The summed E-state index contributed by atoms with van der Waals surface area (Å²) in [4.78, 5) is 30.1. The Bertz CT molecular complexity index is 1150. The molecule has 3 aromatic rings. The Morgan fingerprint density at radius 2 is 1.94 bits per heavy atom. The summed E-state index contributed by atoms with van der Waals surface area (Å²) in [7, 11) is 0. The third kappa shape index (κ3) is 3.62. The fraction of sp³-hybridized carbons (Fsp3) is 0.391. The van der Waals surface area contributed by atoms with E-state index in [2.05, 4.69) is 15.2 Å². The molecule has 1 atom stereocenters. The molecule has 2 saturated heterocycles. The van der Waals surface area contributed by atoms with Gasteiger partial charge in [0.05, 0.1) is 17.9 Å². The van der Waals surface area contributed by atoms with Gasteiger partial charge in [0.2, 0.25) is 0 Å². The number of hydrogen-bond acceptors (Lipinski definition) is 6. The van der Waals surface area contributed by atoms with E-state index in [-0.39, 0.29) is 17.5 Å². The number of carbonyl (C=O) groups excluding carboxylic acids is 1. The monoisotopic (exact) mass is 419 g/mol. The molecule has 2 aliphatic rings. The van der Waals surface area contributed by atoms with Crippen LogP contribution in [0.3, 0.4) is 0 Å². The van der Waals surface area contributed by atoms with Crippen molar-refractivity contribution in [2.24, 2.45) is 0 Å². The van der Waals surface area contributed by atoms with E-state index in [9.17, 15) is 9.59 Å². The topological polar surface area (TPSA) is 84.5 Å². The molecule has 0 saturated carbocycles. The zero-order valence-electron chi connectivity index (χ0n) is 17.5. The largest absolute Gasteiger partial charge is 0.370 e. The van der Waals surface area contributed by atoms with Crippen LogP contribution in [0.2, 0.25) is 0 Å². The predicted molar refractivity (Wildman–Crippen MR) is 116 cm³/mol. The SMILES string of the molecule is Cc1onc(-c2ccccc2)c1C(=O)N1CCC[C@@H](n2ncc(N3CCC3)cc2=O)C1. The highest BCUT2D eigenvalue weighted by Gasteiger charge is 2.31. The van der Waals surface area contributed by atoms with Gasteiger partial charge in [-0.05, 0) is 26.2 Å². The number of likely N-dealkylation sites (tertiary alicyclic amines) is 1. The first kappa shape index (κ1) is 19.5. The third-order valence-corrected chi connectivity index (χ3v) is 6.19. The van der Waals surface area contributed by atoms with Crippen molar-refractivity contribution in [2.45, 2.75) is 32.2 Å². The molecule has 0 bridgehead atoms. The average molecular weight is 419 g/mol. The van der Waals surface area contributed by atoms with Gasteiger partial charge in [-0.25, -0.2) is 4.68 Å². The van der Waals surface area contributed by atoms with Crippen LogP contribution in [0, 0.1) is 6.92 Å². The van der Waals surface area contributed by atoms with Crippen LogP contribution in [0.5, 0.6) is 0 Å². The van der Waals surface area contributed by atoms with Crippen molar-refractivity contribution in [3.63, 3.8) is 0 Å². The normalized spacial score (nSPS) is 18.7. The Hall–Kier alpha value is -3.42. The molecule has 0 N–H and O–H groups in total. The molecule has 8 nitrogen and oxygen atoms in total. The molecular weight excluding hydrogens is 394 g/mol. The molecular formula is C23H25N5O3. The Morgan fingerprint density at radius 3 is 2.65 bits per heavy atom. The van der Waals surface area contributed by atoms with Crippen molar-refractivity contribution < 1.29 is 9.32 Å². The van der Waals surface area contributed by atoms with Gasteiger partial charge >= 0.3 is 0 Å². The Morgan fingerprint density at radius 1 is 1.13 bits per heavy atom. The lowest BCUT2D eigenvalue weighted by molar-refractivity contribution is 0.0669. The van der Waals surface area contributed by atoms with Crippen LogP contribution in [-0.4, -0.2) is 51.9 Å². The second-order valence-corrected chi connectivity index (χ2v) is 8.21. The summed E-state index contributed by atoms with van der Waals surface area (Å²) in [5.41, 5.74) is 2.65. The minimum absolute atomic E-state index is 0.116. The van der Waals surface area contributed by atoms with Gasteiger partial charge in [-0.3, -0.25) is 9.59 Å². The van der Waals surface area contributed by atoms with Crippen LogP contribution in [0.4, 0.5) is 5.69 Å². The summed E-state index contributed by atoms with van der Waals surface area (Å²) in [6, 6.07) is 11.1. The van der Waals surface area contributed by atoms with Gasteiger partial charge in [-0.2, -0.15) is 5.10 Å². The van der Waals surface area contributed by atoms with Crippen molar-refractivity contribution in [3.05, 3.63) is 64.3 Å². The van der Waals surface area contributed by atoms with Crippen molar-refractivity contribution >= 4 is 11.6 Å². The molecule has 2 aliphatic heterocycles. The van der Waals surface area contributed by atoms with Gasteiger partial charge in [0, 0.05) is 37.8 Å². The lowest BCUT2D eigenvalue weighted by Crippen LogP contribution is -2.44. The molecule has 0 unspecified atom stereocenters. The first-order valence-corrected chi connectivity index (χ1v) is 10.8. The maximum atomic E-state index is 13.4. The Labute approximate surface area is 180 Å². The number of anilines is 1. The van der Waals surface area contributed by atoms with E-state index in [1.807, 2.05) is 30.3 Å². The zero-order valence-corrected chi connectivity index (χ0v) is 17.5. The fourth-order valence-electron chi connectivity index (χ4n) is 4.34. The molecule has 4 heterocycles. The molecule has 0 aliphatic carbocycles. The fourth-order valence-corrected chi connectivity index (χ4v) is 4.34. The third-order valence-electron chi connectivity index (χ3n) is 6.19. The second kappa shape index (κ2) is 8.02. The lowest BCUT2D eigenvalue weighted by atomic mass is 10.0. The highest BCUT2D eigenvalue weighted by atomic mass is 16.5. The van der Waals surface area contributed by atoms with E-state index in [1.54, 1.807) is 24.1 Å². The summed E-state index contributed by atoms with van der Waals surface area (Å²) in [6.07, 6.45) is 4.53. The first-order chi connectivity index (χ1) is 15.1. The van der Waals surface area contributed by atoms with Gasteiger partial charge in [-0.15, -0.1) is 0 Å². The van der Waals surface area contributed by atoms with E-state index in [1.165, 1.54) is 4.68 Å². The number of aryl methyl sites for hydroxylation is 1. The zero-order chi connectivity index (χ0) is 21.4. The standard InChI is InChI=1S/C23H25N5O3/c1-16-21(22(25-31-16)17-7-3-2-4-8-17)23(30)27-10-5-9-18(15-27)28-20(29)13-19(14-24-28)26-11-6-12-26/h2-4,7-8,13-14,18H,5-6,9-12,15H2,1H3/t18-/m1/s1. The Balaban J connectivity index is 1.39. The molecule has 2 fully saturated rings. The second-order valence-electron chi connectivity index (χ2n) is 8.21. The average Bonchev–Trinajstić information content (AvgIpc) is 3.14. The minimum Gasteiger partial charge on any atom is -0.370 e. The van der Waals surface area contributed by atoms with Crippen LogP contribution >= 0.6 is 0 Å². The van der Waals surface area contributed by atoms with E-state index < -0.39 is 0 Å². The van der Waals surface area contributed by atoms with Crippen molar-refractivity contribution in [1.82, 2.24) is 19.8 Å². The maximum Gasteiger partial charge on any atom is 0.269 e. The minimum atomic E-state index is -0.143. The number of amides is 1. The van der Waals surface area contributed by atoms with E-state index in [0.717, 1.165) is 43.6 Å². The summed E-state index contributed by atoms with van der Waals surface area (Å²) in [5.74, 6) is 0.382. The molecule has 160 valence electrons. The van der Waals surface area contributed by atoms with Crippen LogP contribution in [-0.2, 0) is 0 Å². The summed E-state index contributed by atoms with van der Waals surface area (Å²) in [5, 5.41) is 8.58. The van der Waals surface area contributed by atoms with Crippen LogP contribution < -0.4 is 10.5 Å². The van der Waals surface area contributed by atoms with Crippen molar-refractivity contribution in [1.29, 1.82) is 0 Å². The molecule has 1 amide bonds. The molecule has 8 heteroatoms. The predicted octanol–water partition coefficient (Wildman–Crippen LogP) is 2.89. The molecule has 5 rings (SSSR count). The van der Waals surface area contributed by atoms with Crippen molar-refractivity contribution in [3.8, 4) is 11.3 Å². The number of piperidine rings is 1. The molecule has 0 radical (unpaired) electrons. The summed E-state index contributed by atoms with van der Waals surface area (Å²) in [6.45, 7) is 4.77.